The van der Waals surface area contributed by atoms with E-state index in [1.165, 1.54) is 29.8 Å². The molecular weight excluding hydrogens is 508 g/mol. The molecule has 4 aromatic rings. The van der Waals surface area contributed by atoms with Crippen molar-refractivity contribution in [2.24, 2.45) is 0 Å². The van der Waals surface area contributed by atoms with Crippen molar-refractivity contribution in [2.75, 3.05) is 30.7 Å². The van der Waals surface area contributed by atoms with Crippen molar-refractivity contribution in [3.63, 3.8) is 0 Å². The predicted octanol–water partition coefficient (Wildman–Crippen LogP) is 5.67. The van der Waals surface area contributed by atoms with Gasteiger partial charge in [0.15, 0.2) is 22.7 Å². The number of para-hydroxylation sites is 1. The van der Waals surface area contributed by atoms with Crippen molar-refractivity contribution in [1.82, 2.24) is 9.97 Å². The Labute approximate surface area is 223 Å². The minimum Gasteiger partial charge on any atom is -0.434 e. The number of nitrogens with zero attached hydrogens (tertiary/aromatic N) is 3. The van der Waals surface area contributed by atoms with Crippen molar-refractivity contribution in [2.45, 2.75) is 39.2 Å². The van der Waals surface area contributed by atoms with Crippen LogP contribution in [0.25, 0.3) is 10.2 Å². The van der Waals surface area contributed by atoms with E-state index in [1.54, 1.807) is 0 Å². The number of anilines is 2. The second-order valence-corrected chi connectivity index (χ2v) is 10.9. The summed E-state index contributed by atoms with van der Waals surface area (Å²) < 4.78 is 11.1. The number of nitrogens with one attached hydrogen (secondary N) is 1. The van der Waals surface area contributed by atoms with Gasteiger partial charge in [-0.2, -0.15) is 0 Å². The zero-order chi connectivity index (χ0) is 25.8. The number of thiazole rings is 2. The fraction of sp³-hybridized carbons (Fsp3) is 0.333. The second kappa shape index (κ2) is 11.4. The molecule has 0 fully saturated rings. The number of carbonyl (C=O) groups excluding carboxylic acids is 2. The molecule has 0 bridgehead atoms. The third-order valence-corrected chi connectivity index (χ3v) is 8.37. The molecule has 3 heterocycles. The first-order chi connectivity index (χ1) is 18.1. The fourth-order valence-electron chi connectivity index (χ4n) is 4.37. The topological polar surface area (TPSA) is 93.7 Å². The third-order valence-electron chi connectivity index (χ3n) is 6.25. The Balaban J connectivity index is 1.39. The molecule has 0 spiro atoms. The zero-order valence-corrected chi connectivity index (χ0v) is 22.4. The molecule has 1 aliphatic heterocycles. The van der Waals surface area contributed by atoms with Crippen LogP contribution in [-0.2, 0) is 28.9 Å². The summed E-state index contributed by atoms with van der Waals surface area (Å²) in [5.41, 5.74) is 3.98. The van der Waals surface area contributed by atoms with E-state index in [-0.39, 0.29) is 12.7 Å². The van der Waals surface area contributed by atoms with Gasteiger partial charge in [0, 0.05) is 30.6 Å². The van der Waals surface area contributed by atoms with Crippen molar-refractivity contribution >= 4 is 55.0 Å². The predicted molar refractivity (Wildman–Crippen MR) is 147 cm³/mol. The fourth-order valence-corrected chi connectivity index (χ4v) is 6.34. The highest BCUT2D eigenvalue weighted by Gasteiger charge is 2.27. The van der Waals surface area contributed by atoms with Gasteiger partial charge in [0.2, 0.25) is 0 Å². The lowest BCUT2D eigenvalue weighted by Gasteiger charge is -2.29. The van der Waals surface area contributed by atoms with E-state index < -0.39 is 5.97 Å². The van der Waals surface area contributed by atoms with E-state index >= 15 is 0 Å². The highest BCUT2D eigenvalue weighted by atomic mass is 32.1. The minimum atomic E-state index is -0.469. The first-order valence-corrected chi connectivity index (χ1v) is 13.9. The first-order valence-electron chi connectivity index (χ1n) is 12.3. The van der Waals surface area contributed by atoms with E-state index in [2.05, 4.69) is 33.2 Å². The molecule has 10 heteroatoms. The SMILES string of the molecule is CCCCc1sc(N2CCc3cccc(C(=O)Nc4nc5ccccc5s4)c3C2)nc1C(=O)OCOC. The van der Waals surface area contributed by atoms with Gasteiger partial charge in [-0.25, -0.2) is 14.8 Å². The number of rotatable bonds is 9. The number of methoxy groups -OCH3 is 1. The first kappa shape index (κ1) is 25.3. The number of amides is 1. The van der Waals surface area contributed by atoms with Gasteiger partial charge in [0.25, 0.3) is 5.91 Å². The van der Waals surface area contributed by atoms with Crippen LogP contribution in [0, 0.1) is 0 Å². The molecule has 0 atom stereocenters. The molecule has 0 saturated heterocycles. The summed E-state index contributed by atoms with van der Waals surface area (Å²) in [4.78, 5) is 38.2. The maximum absolute atomic E-state index is 13.3. The number of ether oxygens (including phenoxy) is 2. The molecular formula is C27H28N4O4S2. The van der Waals surface area contributed by atoms with E-state index in [0.717, 1.165) is 63.6 Å². The van der Waals surface area contributed by atoms with Crippen molar-refractivity contribution in [3.05, 3.63) is 69.7 Å². The number of hydrogen-bond donors (Lipinski definition) is 1. The lowest BCUT2D eigenvalue weighted by Crippen LogP contribution is -2.32. The van der Waals surface area contributed by atoms with E-state index in [0.29, 0.717) is 22.9 Å². The van der Waals surface area contributed by atoms with Crippen LogP contribution in [-0.4, -0.2) is 42.3 Å². The summed E-state index contributed by atoms with van der Waals surface area (Å²) in [5.74, 6) is -0.645. The zero-order valence-electron chi connectivity index (χ0n) is 20.8. The smallest absolute Gasteiger partial charge is 0.360 e. The molecule has 2 aromatic carbocycles. The van der Waals surface area contributed by atoms with Crippen LogP contribution in [0.3, 0.4) is 0 Å². The largest absolute Gasteiger partial charge is 0.434 e. The Morgan fingerprint density at radius 2 is 1.97 bits per heavy atom. The molecule has 0 aliphatic carbocycles. The van der Waals surface area contributed by atoms with E-state index in [4.69, 9.17) is 9.47 Å². The monoisotopic (exact) mass is 536 g/mol. The highest BCUT2D eigenvalue weighted by Crippen LogP contribution is 2.33. The number of unbranched alkanes of at least 4 members (excludes halogenated alkanes) is 1. The molecule has 1 aliphatic rings. The van der Waals surface area contributed by atoms with Crippen LogP contribution in [0.4, 0.5) is 10.3 Å². The molecule has 5 rings (SSSR count). The summed E-state index contributed by atoms with van der Waals surface area (Å²) in [5, 5.41) is 4.33. The number of carbonyl (C=O) groups is 2. The Kier molecular flexibility index (Phi) is 7.78. The molecule has 0 unspecified atom stereocenters. The maximum Gasteiger partial charge on any atom is 0.360 e. The molecule has 0 radical (unpaired) electrons. The summed E-state index contributed by atoms with van der Waals surface area (Å²) >= 11 is 2.99. The van der Waals surface area contributed by atoms with Gasteiger partial charge in [-0.3, -0.25) is 10.1 Å². The molecule has 1 N–H and O–H groups in total. The van der Waals surface area contributed by atoms with Gasteiger partial charge >= 0.3 is 5.97 Å². The van der Waals surface area contributed by atoms with E-state index in [1.807, 2.05) is 36.4 Å². The maximum atomic E-state index is 13.3. The van der Waals surface area contributed by atoms with Crippen LogP contribution in [0.5, 0.6) is 0 Å². The quantitative estimate of drug-likeness (QED) is 0.218. The van der Waals surface area contributed by atoms with Crippen molar-refractivity contribution in [1.29, 1.82) is 0 Å². The number of benzene rings is 2. The molecule has 0 saturated carbocycles. The van der Waals surface area contributed by atoms with Crippen LogP contribution in [0.2, 0.25) is 0 Å². The van der Waals surface area contributed by atoms with Gasteiger partial charge in [-0.05, 0) is 48.6 Å². The Bertz CT molecular complexity index is 1400. The number of aryl methyl sites for hydroxylation is 1. The van der Waals surface area contributed by atoms with Crippen LogP contribution >= 0.6 is 22.7 Å². The summed E-state index contributed by atoms with van der Waals surface area (Å²) in [6.07, 6.45) is 3.53. The van der Waals surface area contributed by atoms with Gasteiger partial charge in [0.1, 0.15) is 0 Å². The molecule has 2 aromatic heterocycles. The number of esters is 1. The minimum absolute atomic E-state index is 0.108. The third kappa shape index (κ3) is 5.51. The van der Waals surface area contributed by atoms with E-state index in [9.17, 15) is 9.59 Å². The normalized spacial score (nSPS) is 13.0. The summed E-state index contributed by atoms with van der Waals surface area (Å²) in [6.45, 7) is 3.30. The lowest BCUT2D eigenvalue weighted by molar-refractivity contribution is -0.0130. The standard InChI is InChI=1S/C27H28N4O4S2/c1-3-4-11-22-23(25(33)35-16-34-2)29-27(37-22)31-14-13-17-8-7-9-18(19(17)15-31)24(32)30-26-28-20-10-5-6-12-21(20)36-26/h5-10,12H,3-4,11,13-16H2,1-2H3,(H,28,30,32). The lowest BCUT2D eigenvalue weighted by atomic mass is 9.94. The summed E-state index contributed by atoms with van der Waals surface area (Å²) in [7, 11) is 1.48. The number of fused-ring (bicyclic) bond motifs is 2. The molecule has 1 amide bonds. The van der Waals surface area contributed by atoms with Gasteiger partial charge in [0.05, 0.1) is 10.2 Å². The van der Waals surface area contributed by atoms with Crippen LogP contribution < -0.4 is 10.2 Å². The van der Waals surface area contributed by atoms with Gasteiger partial charge < -0.3 is 14.4 Å². The average Bonchev–Trinajstić information content (AvgIpc) is 3.53. The second-order valence-electron chi connectivity index (χ2n) is 8.77. The van der Waals surface area contributed by atoms with Crippen LogP contribution in [0.1, 0.15) is 56.6 Å². The molecule has 192 valence electrons. The summed E-state index contributed by atoms with van der Waals surface area (Å²) in [6, 6.07) is 13.7. The van der Waals surface area contributed by atoms with Gasteiger partial charge in [-0.15, -0.1) is 11.3 Å². The Morgan fingerprint density at radius 3 is 2.78 bits per heavy atom. The van der Waals surface area contributed by atoms with Crippen molar-refractivity contribution < 1.29 is 19.1 Å². The Morgan fingerprint density at radius 1 is 1.11 bits per heavy atom. The Hall–Kier alpha value is -3.34. The molecule has 8 nitrogen and oxygen atoms in total. The number of hydrogen-bond acceptors (Lipinski definition) is 9. The average molecular weight is 537 g/mol. The van der Waals surface area contributed by atoms with Gasteiger partial charge in [-0.1, -0.05) is 48.9 Å². The van der Waals surface area contributed by atoms with Crippen molar-refractivity contribution in [3.8, 4) is 0 Å². The van der Waals surface area contributed by atoms with Crippen LogP contribution in [0.15, 0.2) is 42.5 Å². The number of aromatic nitrogens is 2. The highest BCUT2D eigenvalue weighted by molar-refractivity contribution is 7.22. The molecule has 37 heavy (non-hydrogen) atoms.